The van der Waals surface area contributed by atoms with Crippen molar-refractivity contribution in [2.24, 2.45) is 0 Å². The van der Waals surface area contributed by atoms with Gasteiger partial charge < -0.3 is 4.74 Å². The summed E-state index contributed by atoms with van der Waals surface area (Å²) in [5.74, 6) is 0. The summed E-state index contributed by atoms with van der Waals surface area (Å²) in [5.41, 5.74) is 4.32. The van der Waals surface area contributed by atoms with Gasteiger partial charge in [0.2, 0.25) is 0 Å². The molecule has 0 spiro atoms. The third kappa shape index (κ3) is 4.04. The summed E-state index contributed by atoms with van der Waals surface area (Å²) in [4.78, 5) is 11.5. The van der Waals surface area contributed by atoms with Crippen molar-refractivity contribution in [1.29, 1.82) is 0 Å². The average Bonchev–Trinajstić information content (AvgIpc) is 2.93. The van der Waals surface area contributed by atoms with E-state index in [1.807, 2.05) is 6.07 Å². The molecule has 1 aromatic rings. The van der Waals surface area contributed by atoms with Gasteiger partial charge in [0, 0.05) is 13.1 Å². The zero-order chi connectivity index (χ0) is 12.6. The molecule has 1 N–H and O–H groups in total. The minimum atomic E-state index is -0.243. The Balaban J connectivity index is 1.54. The van der Waals surface area contributed by atoms with Crippen LogP contribution in [0.15, 0.2) is 30.3 Å². The number of aryl methyl sites for hydroxylation is 1. The molecule has 1 heterocycles. The van der Waals surface area contributed by atoms with Crippen molar-refractivity contribution >= 4 is 6.09 Å². The van der Waals surface area contributed by atoms with E-state index in [1.54, 1.807) is 5.01 Å². The maximum absolute atomic E-state index is 11.5. The number of hydrogen-bond acceptors (Lipinski definition) is 3. The molecule has 2 rings (SSSR count). The minimum absolute atomic E-state index is 0.243. The first-order chi connectivity index (χ1) is 8.86. The van der Waals surface area contributed by atoms with Crippen molar-refractivity contribution in [3.63, 3.8) is 0 Å². The number of carbonyl (C=O) groups excluding carboxylic acids is 1. The van der Waals surface area contributed by atoms with Crippen LogP contribution in [0.5, 0.6) is 0 Å². The summed E-state index contributed by atoms with van der Waals surface area (Å²) >= 11 is 0. The maximum atomic E-state index is 11.5. The molecule has 1 aromatic carbocycles. The van der Waals surface area contributed by atoms with E-state index >= 15 is 0 Å². The molecule has 0 saturated carbocycles. The van der Waals surface area contributed by atoms with Crippen molar-refractivity contribution in [3.8, 4) is 0 Å². The van der Waals surface area contributed by atoms with Crippen LogP contribution in [-0.4, -0.2) is 30.8 Å². The number of benzene rings is 1. The lowest BCUT2D eigenvalue weighted by Gasteiger charge is -2.15. The first kappa shape index (κ1) is 12.9. The highest BCUT2D eigenvalue weighted by atomic mass is 16.6. The second-order valence-electron chi connectivity index (χ2n) is 4.47. The van der Waals surface area contributed by atoms with Crippen LogP contribution in [0.2, 0.25) is 0 Å². The predicted molar refractivity (Wildman–Crippen MR) is 70.1 cm³/mol. The van der Waals surface area contributed by atoms with Gasteiger partial charge in [-0.15, -0.1) is 0 Å². The molecule has 0 bridgehead atoms. The molecule has 0 aliphatic carbocycles. The van der Waals surface area contributed by atoms with Gasteiger partial charge in [0.15, 0.2) is 0 Å². The highest BCUT2D eigenvalue weighted by Gasteiger charge is 2.18. The van der Waals surface area contributed by atoms with Crippen LogP contribution in [0, 0.1) is 0 Å². The van der Waals surface area contributed by atoms with E-state index in [-0.39, 0.29) is 6.09 Å². The Morgan fingerprint density at radius 2 is 2.11 bits per heavy atom. The van der Waals surface area contributed by atoms with Crippen molar-refractivity contribution in [2.45, 2.75) is 25.7 Å². The zero-order valence-corrected chi connectivity index (χ0v) is 10.6. The molecular weight excluding hydrogens is 228 g/mol. The first-order valence-electron chi connectivity index (χ1n) is 6.58. The molecule has 0 aromatic heterocycles. The Morgan fingerprint density at radius 1 is 1.28 bits per heavy atom. The Bertz CT molecular complexity index is 361. The lowest BCUT2D eigenvalue weighted by atomic mass is 10.1. The number of ether oxygens (including phenoxy) is 1. The number of unbranched alkanes of at least 4 members (excludes halogenated alkanes) is 1. The number of amides is 1. The Hall–Kier alpha value is -1.55. The number of hydrazine groups is 1. The van der Waals surface area contributed by atoms with Crippen molar-refractivity contribution in [1.82, 2.24) is 10.4 Å². The molecule has 98 valence electrons. The number of hydrogen-bond donors (Lipinski definition) is 1. The summed E-state index contributed by atoms with van der Waals surface area (Å²) < 4.78 is 5.19. The molecule has 1 fully saturated rings. The predicted octanol–water partition coefficient (Wildman–Crippen LogP) is 2.36. The average molecular weight is 248 g/mol. The fourth-order valence-electron chi connectivity index (χ4n) is 2.00. The van der Waals surface area contributed by atoms with Gasteiger partial charge in [-0.1, -0.05) is 30.3 Å². The van der Waals surface area contributed by atoms with Gasteiger partial charge in [-0.25, -0.2) is 15.2 Å². The number of nitrogens with one attached hydrogen (secondary N) is 1. The molecule has 0 unspecified atom stereocenters. The fourth-order valence-corrected chi connectivity index (χ4v) is 2.00. The summed E-state index contributed by atoms with van der Waals surface area (Å²) in [7, 11) is 0. The molecule has 1 saturated heterocycles. The molecule has 18 heavy (non-hydrogen) atoms. The molecule has 0 atom stereocenters. The number of rotatable bonds is 5. The van der Waals surface area contributed by atoms with Gasteiger partial charge in [0.05, 0.1) is 6.61 Å². The van der Waals surface area contributed by atoms with Crippen LogP contribution in [0.1, 0.15) is 24.8 Å². The van der Waals surface area contributed by atoms with Crippen LogP contribution in [-0.2, 0) is 11.2 Å². The van der Waals surface area contributed by atoms with E-state index < -0.39 is 0 Å². The van der Waals surface area contributed by atoms with Crippen LogP contribution < -0.4 is 5.43 Å². The SMILES string of the molecule is O=C(OCCCCc1ccccc1)N1CCCN1. The number of nitrogens with zero attached hydrogens (tertiary/aromatic N) is 1. The van der Waals surface area contributed by atoms with Gasteiger partial charge in [0.25, 0.3) is 0 Å². The Morgan fingerprint density at radius 3 is 2.83 bits per heavy atom. The van der Waals surface area contributed by atoms with Gasteiger partial charge in [-0.3, -0.25) is 0 Å². The van der Waals surface area contributed by atoms with E-state index in [0.29, 0.717) is 6.61 Å². The smallest absolute Gasteiger partial charge is 0.424 e. The molecule has 1 aliphatic heterocycles. The normalized spacial score (nSPS) is 14.8. The molecular formula is C14H20N2O2. The second-order valence-corrected chi connectivity index (χ2v) is 4.47. The topological polar surface area (TPSA) is 41.6 Å². The van der Waals surface area contributed by atoms with Gasteiger partial charge in [-0.2, -0.15) is 0 Å². The van der Waals surface area contributed by atoms with Crippen molar-refractivity contribution in [3.05, 3.63) is 35.9 Å². The summed E-state index contributed by atoms with van der Waals surface area (Å²) in [6, 6.07) is 10.4. The van der Waals surface area contributed by atoms with E-state index in [0.717, 1.165) is 38.8 Å². The van der Waals surface area contributed by atoms with Crippen molar-refractivity contribution < 1.29 is 9.53 Å². The summed E-state index contributed by atoms with van der Waals surface area (Å²) in [5, 5.41) is 1.55. The van der Waals surface area contributed by atoms with E-state index in [4.69, 9.17) is 4.74 Å². The Labute approximate surface area is 108 Å². The Kier molecular flexibility index (Phi) is 5.02. The van der Waals surface area contributed by atoms with Gasteiger partial charge in [0.1, 0.15) is 0 Å². The molecule has 4 heteroatoms. The zero-order valence-electron chi connectivity index (χ0n) is 10.6. The standard InChI is InChI=1S/C14H20N2O2/c17-14(16-11-6-10-15-16)18-12-5-4-9-13-7-2-1-3-8-13/h1-3,7-8,15H,4-6,9-12H2. The van der Waals surface area contributed by atoms with Crippen LogP contribution in [0.25, 0.3) is 0 Å². The second kappa shape index (κ2) is 7.01. The largest absolute Gasteiger partial charge is 0.448 e. The van der Waals surface area contributed by atoms with Gasteiger partial charge in [-0.05, 0) is 31.2 Å². The van der Waals surface area contributed by atoms with Crippen LogP contribution in [0.3, 0.4) is 0 Å². The third-order valence-corrected chi connectivity index (χ3v) is 3.01. The minimum Gasteiger partial charge on any atom is -0.448 e. The highest BCUT2D eigenvalue weighted by Crippen LogP contribution is 2.05. The molecule has 1 amide bonds. The van der Waals surface area contributed by atoms with Crippen LogP contribution in [0.4, 0.5) is 4.79 Å². The molecule has 1 aliphatic rings. The lowest BCUT2D eigenvalue weighted by Crippen LogP contribution is -2.37. The summed E-state index contributed by atoms with van der Waals surface area (Å²) in [6.45, 7) is 2.12. The van der Waals surface area contributed by atoms with E-state index in [2.05, 4.69) is 29.7 Å². The van der Waals surface area contributed by atoms with Crippen molar-refractivity contribution in [2.75, 3.05) is 19.7 Å². The lowest BCUT2D eigenvalue weighted by molar-refractivity contribution is 0.0948. The summed E-state index contributed by atoms with van der Waals surface area (Å²) in [6.07, 6.45) is 3.76. The van der Waals surface area contributed by atoms with E-state index in [9.17, 15) is 4.79 Å². The molecule has 0 radical (unpaired) electrons. The van der Waals surface area contributed by atoms with Crippen LogP contribution >= 0.6 is 0 Å². The fraction of sp³-hybridized carbons (Fsp3) is 0.500. The molecule has 4 nitrogen and oxygen atoms in total. The quantitative estimate of drug-likeness (QED) is 0.813. The van der Waals surface area contributed by atoms with Gasteiger partial charge >= 0.3 is 6.09 Å². The van der Waals surface area contributed by atoms with E-state index in [1.165, 1.54) is 5.56 Å². The monoisotopic (exact) mass is 248 g/mol. The number of carbonyl (C=O) groups is 1. The highest BCUT2D eigenvalue weighted by molar-refractivity contribution is 5.67. The first-order valence-corrected chi connectivity index (χ1v) is 6.58. The third-order valence-electron chi connectivity index (χ3n) is 3.01. The maximum Gasteiger partial charge on any atom is 0.424 e.